The number of carbonyl (C=O) groups excluding carboxylic acids is 2. The number of hydrogen-bond donors (Lipinski definition) is 0. The molecule has 2 amide bonds. The first kappa shape index (κ1) is 21.7. The van der Waals surface area contributed by atoms with Crippen LogP contribution in [0.2, 0.25) is 5.02 Å². The standard InChI is InChI=1S/C22H16ClN3O5S/c23-15-6-8-19(9-7-15)31-12-11-25-21(27)20(32-22(25)28)14-17-5-2-10-24(17)16-3-1-4-18(13-16)26(29)30/h1-10,13-14H,11-12H2/b20-14-. The number of nitrogens with zero attached hydrogens (tertiary/aromatic N) is 3. The summed E-state index contributed by atoms with van der Waals surface area (Å²) < 4.78 is 7.29. The van der Waals surface area contributed by atoms with E-state index in [4.69, 9.17) is 16.3 Å². The fourth-order valence-corrected chi connectivity index (χ4v) is 4.09. The second-order valence-corrected chi connectivity index (χ2v) is 8.15. The van der Waals surface area contributed by atoms with E-state index in [1.54, 1.807) is 65.4 Å². The lowest BCUT2D eigenvalue weighted by Crippen LogP contribution is -2.32. The van der Waals surface area contributed by atoms with E-state index in [1.165, 1.54) is 12.1 Å². The number of ether oxygens (including phenoxy) is 1. The van der Waals surface area contributed by atoms with Crippen molar-refractivity contribution < 1.29 is 19.2 Å². The predicted molar refractivity (Wildman–Crippen MR) is 122 cm³/mol. The minimum Gasteiger partial charge on any atom is -0.492 e. The average Bonchev–Trinajstić information content (AvgIpc) is 3.35. The van der Waals surface area contributed by atoms with Gasteiger partial charge in [-0.25, -0.2) is 0 Å². The van der Waals surface area contributed by atoms with E-state index in [1.807, 2.05) is 0 Å². The summed E-state index contributed by atoms with van der Waals surface area (Å²) in [5, 5.41) is 11.3. The van der Waals surface area contributed by atoms with Crippen LogP contribution in [0.3, 0.4) is 0 Å². The Morgan fingerprint density at radius 3 is 2.62 bits per heavy atom. The van der Waals surface area contributed by atoms with Crippen LogP contribution in [-0.2, 0) is 4.79 Å². The molecular weight excluding hydrogens is 454 g/mol. The van der Waals surface area contributed by atoms with E-state index in [2.05, 4.69) is 0 Å². The van der Waals surface area contributed by atoms with Crippen molar-refractivity contribution in [2.75, 3.05) is 13.2 Å². The molecule has 4 rings (SSSR count). The van der Waals surface area contributed by atoms with Crippen LogP contribution in [0.1, 0.15) is 5.69 Å². The van der Waals surface area contributed by atoms with Gasteiger partial charge in [0.05, 0.1) is 22.1 Å². The van der Waals surface area contributed by atoms with Gasteiger partial charge in [-0.15, -0.1) is 0 Å². The number of halogens is 1. The Balaban J connectivity index is 1.48. The molecule has 10 heteroatoms. The molecule has 0 radical (unpaired) electrons. The Morgan fingerprint density at radius 1 is 1.09 bits per heavy atom. The molecule has 162 valence electrons. The highest BCUT2D eigenvalue weighted by Crippen LogP contribution is 2.32. The smallest absolute Gasteiger partial charge is 0.293 e. The first-order valence-corrected chi connectivity index (χ1v) is 10.7. The van der Waals surface area contributed by atoms with Crippen molar-refractivity contribution in [3.63, 3.8) is 0 Å². The topological polar surface area (TPSA) is 94.7 Å². The largest absolute Gasteiger partial charge is 0.492 e. The molecule has 0 bridgehead atoms. The first-order valence-electron chi connectivity index (χ1n) is 9.48. The normalized spacial score (nSPS) is 14.9. The molecule has 3 aromatic rings. The van der Waals surface area contributed by atoms with Crippen molar-refractivity contribution >= 4 is 46.3 Å². The number of imide groups is 1. The Labute approximate surface area is 192 Å². The lowest BCUT2D eigenvalue weighted by molar-refractivity contribution is -0.384. The third-order valence-electron chi connectivity index (χ3n) is 4.65. The predicted octanol–water partition coefficient (Wildman–Crippen LogP) is 5.15. The van der Waals surface area contributed by atoms with Gasteiger partial charge in [-0.05, 0) is 60.3 Å². The highest BCUT2D eigenvalue weighted by molar-refractivity contribution is 8.18. The minimum atomic E-state index is -0.468. The number of aromatic nitrogens is 1. The molecule has 32 heavy (non-hydrogen) atoms. The van der Waals surface area contributed by atoms with E-state index in [0.717, 1.165) is 16.7 Å². The van der Waals surface area contributed by atoms with Crippen LogP contribution in [-0.4, -0.2) is 38.7 Å². The molecule has 0 aliphatic carbocycles. The highest BCUT2D eigenvalue weighted by atomic mass is 35.5. The molecule has 8 nitrogen and oxygen atoms in total. The number of rotatable bonds is 7. The fourth-order valence-electron chi connectivity index (χ4n) is 3.12. The molecule has 1 fully saturated rings. The van der Waals surface area contributed by atoms with Crippen LogP contribution >= 0.6 is 23.4 Å². The molecule has 0 N–H and O–H groups in total. The molecular formula is C22H16ClN3O5S. The number of non-ortho nitro benzene ring substituents is 1. The van der Waals surface area contributed by atoms with E-state index in [0.29, 0.717) is 22.2 Å². The maximum Gasteiger partial charge on any atom is 0.293 e. The number of carbonyl (C=O) groups is 2. The third-order valence-corrected chi connectivity index (χ3v) is 5.81. The van der Waals surface area contributed by atoms with Gasteiger partial charge in [-0.3, -0.25) is 24.6 Å². The van der Waals surface area contributed by atoms with E-state index in [-0.39, 0.29) is 29.0 Å². The molecule has 0 unspecified atom stereocenters. The Bertz CT molecular complexity index is 1220. The highest BCUT2D eigenvalue weighted by Gasteiger charge is 2.35. The summed E-state index contributed by atoms with van der Waals surface area (Å²) in [6, 6.07) is 16.5. The molecule has 0 saturated carbocycles. The first-order chi connectivity index (χ1) is 15.4. The second kappa shape index (κ2) is 9.29. The zero-order valence-electron chi connectivity index (χ0n) is 16.5. The third kappa shape index (κ3) is 4.68. The molecule has 2 heterocycles. The number of nitro groups is 1. The number of amides is 2. The summed E-state index contributed by atoms with van der Waals surface area (Å²) in [6.45, 7) is 0.257. The van der Waals surface area contributed by atoms with Crippen molar-refractivity contribution in [3.05, 3.63) is 92.6 Å². The summed E-state index contributed by atoms with van der Waals surface area (Å²) >= 11 is 6.68. The average molecular weight is 470 g/mol. The van der Waals surface area contributed by atoms with Gasteiger partial charge in [0.2, 0.25) is 0 Å². The molecule has 1 saturated heterocycles. The van der Waals surface area contributed by atoms with Crippen LogP contribution in [0.4, 0.5) is 10.5 Å². The molecule has 1 aliphatic rings. The van der Waals surface area contributed by atoms with Crippen LogP contribution in [0.15, 0.2) is 71.8 Å². The molecule has 0 spiro atoms. The minimum absolute atomic E-state index is 0.0387. The number of benzene rings is 2. The Morgan fingerprint density at radius 2 is 1.88 bits per heavy atom. The summed E-state index contributed by atoms with van der Waals surface area (Å²) in [6.07, 6.45) is 3.33. The molecule has 1 aliphatic heterocycles. The van der Waals surface area contributed by atoms with Gasteiger partial charge in [-0.1, -0.05) is 17.7 Å². The maximum atomic E-state index is 12.8. The van der Waals surface area contributed by atoms with E-state index >= 15 is 0 Å². The van der Waals surface area contributed by atoms with E-state index in [9.17, 15) is 19.7 Å². The number of hydrogen-bond acceptors (Lipinski definition) is 6. The molecule has 0 atom stereocenters. The van der Waals surface area contributed by atoms with Gasteiger partial charge in [-0.2, -0.15) is 0 Å². The second-order valence-electron chi connectivity index (χ2n) is 6.72. The van der Waals surface area contributed by atoms with E-state index < -0.39 is 10.8 Å². The number of thioether (sulfide) groups is 1. The van der Waals surface area contributed by atoms with Crippen molar-refractivity contribution in [2.24, 2.45) is 0 Å². The van der Waals surface area contributed by atoms with Crippen molar-refractivity contribution in [2.45, 2.75) is 0 Å². The fraction of sp³-hybridized carbons (Fsp3) is 0.0909. The van der Waals surface area contributed by atoms with Crippen LogP contribution in [0.25, 0.3) is 11.8 Å². The summed E-state index contributed by atoms with van der Waals surface area (Å²) in [4.78, 5) is 37.1. The van der Waals surface area contributed by atoms with Crippen molar-refractivity contribution in [1.29, 1.82) is 0 Å². The van der Waals surface area contributed by atoms with Gasteiger partial charge in [0.25, 0.3) is 16.8 Å². The SMILES string of the molecule is O=C1S/C(=C\c2cccn2-c2cccc([N+](=O)[O-])c2)C(=O)N1CCOc1ccc(Cl)cc1. The Kier molecular flexibility index (Phi) is 6.29. The summed E-state index contributed by atoms with van der Waals surface area (Å²) in [5.41, 5.74) is 1.16. The van der Waals surface area contributed by atoms with Gasteiger partial charge in [0.15, 0.2) is 0 Å². The monoisotopic (exact) mass is 469 g/mol. The van der Waals surface area contributed by atoms with Crippen LogP contribution in [0.5, 0.6) is 5.75 Å². The zero-order valence-corrected chi connectivity index (χ0v) is 18.1. The van der Waals surface area contributed by atoms with Crippen molar-refractivity contribution in [3.8, 4) is 11.4 Å². The van der Waals surface area contributed by atoms with Crippen LogP contribution < -0.4 is 4.74 Å². The van der Waals surface area contributed by atoms with Crippen molar-refractivity contribution in [1.82, 2.24) is 9.47 Å². The quantitative estimate of drug-likeness (QED) is 0.269. The van der Waals surface area contributed by atoms with Crippen LogP contribution in [0, 0.1) is 10.1 Å². The molecule has 1 aromatic heterocycles. The summed E-state index contributed by atoms with van der Waals surface area (Å²) in [5.74, 6) is 0.179. The molecule has 2 aromatic carbocycles. The maximum absolute atomic E-state index is 12.8. The number of nitro benzene ring substituents is 1. The van der Waals surface area contributed by atoms with Gasteiger partial charge < -0.3 is 9.30 Å². The Hall–Kier alpha value is -3.56. The van der Waals surface area contributed by atoms with Gasteiger partial charge in [0, 0.05) is 29.0 Å². The summed E-state index contributed by atoms with van der Waals surface area (Å²) in [7, 11) is 0. The van der Waals surface area contributed by atoms with Gasteiger partial charge in [0.1, 0.15) is 12.4 Å². The lowest BCUT2D eigenvalue weighted by atomic mass is 10.2. The van der Waals surface area contributed by atoms with Gasteiger partial charge >= 0.3 is 0 Å². The zero-order chi connectivity index (χ0) is 22.7. The lowest BCUT2D eigenvalue weighted by Gasteiger charge is -2.13.